The van der Waals surface area contributed by atoms with Gasteiger partial charge >= 0.3 is 12.2 Å². The quantitative estimate of drug-likeness (QED) is 0.410. The van der Waals surface area contributed by atoms with Crippen LogP contribution in [0.15, 0.2) is 48.7 Å². The highest BCUT2D eigenvalue weighted by Gasteiger charge is 2.33. The van der Waals surface area contributed by atoms with Gasteiger partial charge in [0.15, 0.2) is 6.10 Å². The van der Waals surface area contributed by atoms with Gasteiger partial charge in [0.1, 0.15) is 12.4 Å². The number of halogens is 2. The fraction of sp³-hybridized carbons (Fsp3) is 0.346. The lowest BCUT2D eigenvalue weighted by Gasteiger charge is -2.29. The Labute approximate surface area is 223 Å². The summed E-state index contributed by atoms with van der Waals surface area (Å²) in [4.78, 5) is 32.0. The van der Waals surface area contributed by atoms with E-state index in [1.807, 2.05) is 17.0 Å². The van der Waals surface area contributed by atoms with Gasteiger partial charge in [0.2, 0.25) is 0 Å². The molecule has 1 aromatic heterocycles. The molecule has 2 saturated heterocycles. The first-order valence-electron chi connectivity index (χ1n) is 12.3. The molecule has 0 aliphatic carbocycles. The van der Waals surface area contributed by atoms with Crippen molar-refractivity contribution < 1.29 is 28.2 Å². The Morgan fingerprint density at radius 3 is 2.82 bits per heavy atom. The van der Waals surface area contributed by atoms with E-state index < -0.39 is 24.1 Å². The maximum Gasteiger partial charge on any atom is 0.414 e. The standard InChI is InChI=1S/C26H27ClFN5O5/c27-17-1-3-20-22(5-6-29-23(20)13-17)30-7-8-31-25(34)37-16-19-15-33(26(35)38-19)18-2-4-24(21(28)14-18)32-9-11-36-12-10-32/h1-6,13-14,19H,7-12,15-16H2,(H,29,30)(H,31,34). The zero-order chi connectivity index (χ0) is 26.5. The summed E-state index contributed by atoms with van der Waals surface area (Å²) in [5, 5.41) is 7.43. The van der Waals surface area contributed by atoms with Crippen LogP contribution in [0.2, 0.25) is 5.02 Å². The van der Waals surface area contributed by atoms with Crippen LogP contribution in [0.25, 0.3) is 10.9 Å². The molecule has 200 valence electrons. The molecule has 0 saturated carbocycles. The largest absolute Gasteiger partial charge is 0.446 e. The number of rotatable bonds is 8. The molecular weight excluding hydrogens is 517 g/mol. The molecule has 2 N–H and O–H groups in total. The third-order valence-corrected chi connectivity index (χ3v) is 6.52. The molecule has 2 aliphatic rings. The highest BCUT2D eigenvalue weighted by atomic mass is 35.5. The lowest BCUT2D eigenvalue weighted by atomic mass is 10.2. The minimum absolute atomic E-state index is 0.119. The van der Waals surface area contributed by atoms with Crippen LogP contribution in [0.3, 0.4) is 0 Å². The van der Waals surface area contributed by atoms with E-state index in [-0.39, 0.29) is 13.2 Å². The van der Waals surface area contributed by atoms with E-state index >= 15 is 0 Å². The molecule has 1 atom stereocenters. The summed E-state index contributed by atoms with van der Waals surface area (Å²) >= 11 is 6.02. The Kier molecular flexibility index (Phi) is 7.94. The van der Waals surface area contributed by atoms with E-state index in [0.717, 1.165) is 16.6 Å². The molecule has 12 heteroatoms. The van der Waals surface area contributed by atoms with Gasteiger partial charge < -0.3 is 29.7 Å². The first-order chi connectivity index (χ1) is 18.5. The highest BCUT2D eigenvalue weighted by molar-refractivity contribution is 6.31. The number of pyridine rings is 1. The van der Waals surface area contributed by atoms with Crippen molar-refractivity contribution >= 4 is 51.8 Å². The number of carbonyl (C=O) groups excluding carboxylic acids is 2. The molecule has 0 radical (unpaired) electrons. The number of anilines is 3. The molecule has 38 heavy (non-hydrogen) atoms. The van der Waals surface area contributed by atoms with Crippen molar-refractivity contribution in [2.45, 2.75) is 6.10 Å². The number of carbonyl (C=O) groups is 2. The van der Waals surface area contributed by atoms with Crippen molar-refractivity contribution in [3.63, 3.8) is 0 Å². The van der Waals surface area contributed by atoms with Gasteiger partial charge in [-0.1, -0.05) is 11.6 Å². The number of amides is 2. The van der Waals surface area contributed by atoms with Gasteiger partial charge in [-0.3, -0.25) is 9.88 Å². The van der Waals surface area contributed by atoms with E-state index in [2.05, 4.69) is 15.6 Å². The zero-order valence-corrected chi connectivity index (χ0v) is 21.2. The predicted molar refractivity (Wildman–Crippen MR) is 142 cm³/mol. The minimum Gasteiger partial charge on any atom is -0.446 e. The number of fused-ring (bicyclic) bond motifs is 1. The number of alkyl carbamates (subject to hydrolysis) is 1. The Balaban J connectivity index is 1.06. The first-order valence-corrected chi connectivity index (χ1v) is 12.6. The summed E-state index contributed by atoms with van der Waals surface area (Å²) in [6.45, 7) is 3.09. The van der Waals surface area contributed by atoms with Crippen LogP contribution in [-0.4, -0.2) is 75.8 Å². The molecule has 2 amide bonds. The van der Waals surface area contributed by atoms with Crippen LogP contribution in [-0.2, 0) is 14.2 Å². The lowest BCUT2D eigenvalue weighted by Crippen LogP contribution is -2.36. The summed E-state index contributed by atoms with van der Waals surface area (Å²) in [5.74, 6) is -0.423. The average molecular weight is 544 g/mol. The van der Waals surface area contributed by atoms with E-state index in [9.17, 15) is 14.0 Å². The van der Waals surface area contributed by atoms with Gasteiger partial charge in [-0.15, -0.1) is 0 Å². The average Bonchev–Trinajstić information content (AvgIpc) is 3.30. The summed E-state index contributed by atoms with van der Waals surface area (Å²) in [6, 6.07) is 11.9. The molecule has 2 aliphatic heterocycles. The smallest absolute Gasteiger partial charge is 0.414 e. The van der Waals surface area contributed by atoms with Gasteiger partial charge in [0.25, 0.3) is 0 Å². The second-order valence-electron chi connectivity index (χ2n) is 8.82. The van der Waals surface area contributed by atoms with Crippen LogP contribution in [0.1, 0.15) is 0 Å². The number of aromatic nitrogens is 1. The molecule has 2 fully saturated rings. The van der Waals surface area contributed by atoms with Crippen LogP contribution in [0, 0.1) is 5.82 Å². The maximum absolute atomic E-state index is 14.8. The Bertz CT molecular complexity index is 1320. The lowest BCUT2D eigenvalue weighted by molar-refractivity contribution is 0.0738. The number of nitrogens with zero attached hydrogens (tertiary/aromatic N) is 3. The van der Waals surface area contributed by atoms with Crippen LogP contribution in [0.5, 0.6) is 0 Å². The topological polar surface area (TPSA) is 105 Å². The van der Waals surface area contributed by atoms with Crippen LogP contribution < -0.4 is 20.4 Å². The van der Waals surface area contributed by atoms with Gasteiger partial charge in [0, 0.05) is 48.5 Å². The van der Waals surface area contributed by atoms with Crippen molar-refractivity contribution in [1.29, 1.82) is 0 Å². The van der Waals surface area contributed by atoms with E-state index in [1.165, 1.54) is 11.0 Å². The Hall–Kier alpha value is -3.83. The van der Waals surface area contributed by atoms with Gasteiger partial charge in [-0.2, -0.15) is 0 Å². The van der Waals surface area contributed by atoms with E-state index in [0.29, 0.717) is 55.8 Å². The number of hydrogen-bond donors (Lipinski definition) is 2. The number of cyclic esters (lactones) is 1. The normalized spacial score (nSPS) is 17.4. The Morgan fingerprint density at radius 1 is 1.16 bits per heavy atom. The van der Waals surface area contributed by atoms with E-state index in [4.69, 9.17) is 25.8 Å². The van der Waals surface area contributed by atoms with Crippen molar-refractivity contribution in [2.75, 3.05) is 67.7 Å². The molecule has 10 nitrogen and oxygen atoms in total. The highest BCUT2D eigenvalue weighted by Crippen LogP contribution is 2.28. The molecule has 2 aromatic carbocycles. The molecule has 1 unspecified atom stereocenters. The third-order valence-electron chi connectivity index (χ3n) is 6.28. The number of ether oxygens (including phenoxy) is 3. The van der Waals surface area contributed by atoms with Gasteiger partial charge in [0.05, 0.1) is 36.6 Å². The fourth-order valence-electron chi connectivity index (χ4n) is 4.40. The number of hydrogen-bond acceptors (Lipinski definition) is 8. The van der Waals surface area contributed by atoms with Gasteiger partial charge in [-0.25, -0.2) is 14.0 Å². The van der Waals surface area contributed by atoms with E-state index in [1.54, 1.807) is 30.5 Å². The first kappa shape index (κ1) is 25.8. The number of nitrogens with one attached hydrogen (secondary N) is 2. The third kappa shape index (κ3) is 6.00. The monoisotopic (exact) mass is 543 g/mol. The summed E-state index contributed by atoms with van der Waals surface area (Å²) < 4.78 is 30.6. The fourth-order valence-corrected chi connectivity index (χ4v) is 4.57. The summed E-state index contributed by atoms with van der Waals surface area (Å²) in [6.07, 6.45) is -0.230. The number of morpholine rings is 1. The Morgan fingerprint density at radius 2 is 2.00 bits per heavy atom. The summed E-state index contributed by atoms with van der Waals surface area (Å²) in [7, 11) is 0. The van der Waals surface area contributed by atoms with Crippen molar-refractivity contribution in [3.8, 4) is 0 Å². The molecule has 3 heterocycles. The minimum atomic E-state index is -0.664. The van der Waals surface area contributed by atoms with Crippen LogP contribution >= 0.6 is 11.6 Å². The van der Waals surface area contributed by atoms with Crippen molar-refractivity contribution in [1.82, 2.24) is 10.3 Å². The second-order valence-corrected chi connectivity index (χ2v) is 9.26. The maximum atomic E-state index is 14.8. The molecule has 5 rings (SSSR count). The predicted octanol–water partition coefficient (Wildman–Crippen LogP) is 4.03. The molecule has 3 aromatic rings. The zero-order valence-electron chi connectivity index (χ0n) is 20.5. The SMILES string of the molecule is O=C(NCCNc1ccnc2cc(Cl)ccc12)OCC1CN(c2ccc(N3CCOCC3)c(F)c2)C(=O)O1. The number of benzene rings is 2. The molecular formula is C26H27ClFN5O5. The summed E-state index contributed by atoms with van der Waals surface area (Å²) in [5.41, 5.74) is 2.49. The van der Waals surface area contributed by atoms with Crippen molar-refractivity contribution in [2.24, 2.45) is 0 Å². The second kappa shape index (κ2) is 11.7. The molecule has 0 bridgehead atoms. The van der Waals surface area contributed by atoms with Crippen LogP contribution in [0.4, 0.5) is 31.0 Å². The molecule has 0 spiro atoms. The van der Waals surface area contributed by atoms with Gasteiger partial charge in [-0.05, 0) is 42.5 Å². The van der Waals surface area contributed by atoms with Crippen molar-refractivity contribution in [3.05, 3.63) is 59.5 Å².